The molecule has 1 aromatic heterocycles. The lowest BCUT2D eigenvalue weighted by Gasteiger charge is -2.36. The summed E-state index contributed by atoms with van der Waals surface area (Å²) in [5.41, 5.74) is 0.492. The normalized spacial score (nSPS) is 23.2. The van der Waals surface area contributed by atoms with E-state index >= 15 is 0 Å². The zero-order valence-electron chi connectivity index (χ0n) is 10.5. The number of likely N-dealkylation sites (tertiary alicyclic amines) is 1. The van der Waals surface area contributed by atoms with Gasteiger partial charge in [-0.1, -0.05) is 0 Å². The number of carbonyl (C=O) groups is 1. The van der Waals surface area contributed by atoms with E-state index in [0.29, 0.717) is 24.5 Å². The van der Waals surface area contributed by atoms with Gasteiger partial charge in [-0.25, -0.2) is 4.98 Å². The molecular formula is C13H16N2O3S. The van der Waals surface area contributed by atoms with E-state index in [1.165, 1.54) is 0 Å². The summed E-state index contributed by atoms with van der Waals surface area (Å²) in [6.45, 7) is 0.791. The van der Waals surface area contributed by atoms with Crippen LogP contribution in [0.5, 0.6) is 5.88 Å². The number of aromatic nitrogens is 1. The van der Waals surface area contributed by atoms with E-state index in [9.17, 15) is 9.90 Å². The molecule has 0 spiro atoms. The van der Waals surface area contributed by atoms with Crippen molar-refractivity contribution < 1.29 is 14.6 Å². The van der Waals surface area contributed by atoms with Gasteiger partial charge in [0, 0.05) is 25.0 Å². The molecule has 102 valence electrons. The maximum atomic E-state index is 12.3. The molecule has 0 aromatic carbocycles. The second-order valence-electron chi connectivity index (χ2n) is 4.82. The van der Waals surface area contributed by atoms with Crippen molar-refractivity contribution in [2.24, 2.45) is 0 Å². The molecular weight excluding hydrogens is 264 g/mol. The van der Waals surface area contributed by atoms with Gasteiger partial charge < -0.3 is 14.7 Å². The van der Waals surface area contributed by atoms with Crippen molar-refractivity contribution in [1.29, 1.82) is 0 Å². The summed E-state index contributed by atoms with van der Waals surface area (Å²) in [5.74, 6) is 2.35. The number of aliphatic hydroxyl groups is 1. The largest absolute Gasteiger partial charge is 0.473 e. The molecule has 3 heterocycles. The number of pyridine rings is 1. The molecule has 2 aliphatic heterocycles. The Balaban J connectivity index is 1.74. The van der Waals surface area contributed by atoms with Crippen LogP contribution in [-0.4, -0.2) is 57.7 Å². The van der Waals surface area contributed by atoms with Crippen molar-refractivity contribution in [1.82, 2.24) is 9.88 Å². The van der Waals surface area contributed by atoms with Crippen molar-refractivity contribution in [2.45, 2.75) is 18.6 Å². The Labute approximate surface area is 116 Å². The number of hydrogen-bond donors (Lipinski definition) is 1. The Morgan fingerprint density at radius 3 is 3.05 bits per heavy atom. The number of amides is 1. The van der Waals surface area contributed by atoms with Crippen LogP contribution in [0.4, 0.5) is 0 Å². The molecule has 1 atom stereocenters. The van der Waals surface area contributed by atoms with Gasteiger partial charge in [-0.2, -0.15) is 11.8 Å². The average Bonchev–Trinajstić information content (AvgIpc) is 2.88. The minimum atomic E-state index is -0.392. The number of hydrogen-bond acceptors (Lipinski definition) is 5. The molecule has 1 amide bonds. The van der Waals surface area contributed by atoms with E-state index in [4.69, 9.17) is 4.74 Å². The minimum Gasteiger partial charge on any atom is -0.473 e. The summed E-state index contributed by atoms with van der Waals surface area (Å²) in [4.78, 5) is 18.0. The monoisotopic (exact) mass is 280 g/mol. The van der Waals surface area contributed by atoms with Crippen LogP contribution >= 0.6 is 11.8 Å². The van der Waals surface area contributed by atoms with Crippen LogP contribution in [-0.2, 0) is 0 Å². The lowest BCUT2D eigenvalue weighted by atomic mass is 10.1. The zero-order chi connectivity index (χ0) is 13.2. The molecule has 19 heavy (non-hydrogen) atoms. The molecule has 5 nitrogen and oxygen atoms in total. The van der Waals surface area contributed by atoms with Crippen LogP contribution in [0.25, 0.3) is 0 Å². The maximum Gasteiger partial charge on any atom is 0.259 e. The molecule has 0 unspecified atom stereocenters. The quantitative estimate of drug-likeness (QED) is 0.886. The van der Waals surface area contributed by atoms with Gasteiger partial charge in [0.25, 0.3) is 5.91 Å². The number of rotatable bonds is 3. The van der Waals surface area contributed by atoms with E-state index in [0.717, 1.165) is 17.9 Å². The van der Waals surface area contributed by atoms with Gasteiger partial charge in [0.2, 0.25) is 5.88 Å². The fourth-order valence-electron chi connectivity index (χ4n) is 2.20. The lowest BCUT2D eigenvalue weighted by Crippen LogP contribution is -2.53. The van der Waals surface area contributed by atoms with Crippen LogP contribution in [0.3, 0.4) is 0 Å². The highest BCUT2D eigenvalue weighted by Crippen LogP contribution is 2.25. The van der Waals surface area contributed by atoms with Gasteiger partial charge in [0.15, 0.2) is 0 Å². The number of thioether (sulfide) groups is 1. The van der Waals surface area contributed by atoms with Crippen LogP contribution in [0.2, 0.25) is 0 Å². The van der Waals surface area contributed by atoms with Crippen molar-refractivity contribution in [2.75, 3.05) is 24.6 Å². The first-order chi connectivity index (χ1) is 9.24. The smallest absolute Gasteiger partial charge is 0.259 e. The van der Waals surface area contributed by atoms with Gasteiger partial charge in [0.1, 0.15) is 11.7 Å². The number of ether oxygens (including phenoxy) is 1. The molecule has 2 fully saturated rings. The van der Waals surface area contributed by atoms with Crippen molar-refractivity contribution in [3.05, 3.63) is 23.9 Å². The second-order valence-corrected chi connectivity index (χ2v) is 5.97. The Bertz CT molecular complexity index is 471. The Kier molecular flexibility index (Phi) is 3.61. The van der Waals surface area contributed by atoms with Crippen LogP contribution in [0, 0.1) is 0 Å². The summed E-state index contributed by atoms with van der Waals surface area (Å²) in [5, 5.41) is 9.27. The Hall–Kier alpha value is -1.27. The second kappa shape index (κ2) is 5.38. The predicted octanol–water partition coefficient (Wildman–Crippen LogP) is 0.783. The van der Waals surface area contributed by atoms with E-state index in [1.54, 1.807) is 23.2 Å². The minimum absolute atomic E-state index is 0.112. The SMILES string of the molecule is O=C(c1cccnc1O[C@H]1CCSC1)N1CC(O)C1. The molecule has 0 saturated carbocycles. The molecule has 1 aromatic rings. The van der Waals surface area contributed by atoms with Crippen molar-refractivity contribution in [3.8, 4) is 5.88 Å². The highest BCUT2D eigenvalue weighted by Gasteiger charge is 2.31. The maximum absolute atomic E-state index is 12.3. The fourth-order valence-corrected chi connectivity index (χ4v) is 3.30. The van der Waals surface area contributed by atoms with Crippen LogP contribution in [0.1, 0.15) is 16.8 Å². The summed E-state index contributed by atoms with van der Waals surface area (Å²) in [6.07, 6.45) is 2.39. The molecule has 0 radical (unpaired) electrons. The van der Waals surface area contributed by atoms with Crippen molar-refractivity contribution >= 4 is 17.7 Å². The predicted molar refractivity (Wildman–Crippen MR) is 72.5 cm³/mol. The first-order valence-electron chi connectivity index (χ1n) is 6.41. The third kappa shape index (κ3) is 2.69. The number of nitrogens with zero attached hydrogens (tertiary/aromatic N) is 2. The van der Waals surface area contributed by atoms with E-state index < -0.39 is 6.10 Å². The summed E-state index contributed by atoms with van der Waals surface area (Å²) in [7, 11) is 0. The molecule has 6 heteroatoms. The molecule has 0 bridgehead atoms. The topological polar surface area (TPSA) is 62.7 Å². The fraction of sp³-hybridized carbons (Fsp3) is 0.538. The average molecular weight is 280 g/mol. The molecule has 0 aliphatic carbocycles. The van der Waals surface area contributed by atoms with Crippen LogP contribution < -0.4 is 4.74 Å². The van der Waals surface area contributed by atoms with E-state index in [2.05, 4.69) is 4.98 Å². The van der Waals surface area contributed by atoms with Gasteiger partial charge in [0.05, 0.1) is 6.10 Å². The summed E-state index contributed by atoms with van der Waals surface area (Å²) in [6, 6.07) is 3.47. The first kappa shape index (κ1) is 12.7. The lowest BCUT2D eigenvalue weighted by molar-refractivity contribution is 0.00550. The molecule has 3 rings (SSSR count). The van der Waals surface area contributed by atoms with Gasteiger partial charge in [-0.05, 0) is 24.3 Å². The van der Waals surface area contributed by atoms with Crippen molar-refractivity contribution in [3.63, 3.8) is 0 Å². The number of aliphatic hydroxyl groups excluding tert-OH is 1. The van der Waals surface area contributed by atoms with Gasteiger partial charge in [-0.3, -0.25) is 4.79 Å². The third-order valence-electron chi connectivity index (χ3n) is 3.32. The molecule has 1 N–H and O–H groups in total. The van der Waals surface area contributed by atoms with Gasteiger partial charge >= 0.3 is 0 Å². The Morgan fingerprint density at radius 2 is 2.37 bits per heavy atom. The van der Waals surface area contributed by atoms with E-state index in [-0.39, 0.29) is 12.0 Å². The summed E-state index contributed by atoms with van der Waals surface area (Å²) < 4.78 is 5.83. The highest BCUT2D eigenvalue weighted by atomic mass is 32.2. The Morgan fingerprint density at radius 1 is 1.53 bits per heavy atom. The van der Waals surface area contributed by atoms with Crippen LogP contribution in [0.15, 0.2) is 18.3 Å². The number of β-amino-alcohol motifs (C(OH)–C–C–N with tert-alkyl or cyclic N) is 1. The zero-order valence-corrected chi connectivity index (χ0v) is 11.3. The van der Waals surface area contributed by atoms with Gasteiger partial charge in [-0.15, -0.1) is 0 Å². The van der Waals surface area contributed by atoms with E-state index in [1.807, 2.05) is 11.8 Å². The highest BCUT2D eigenvalue weighted by molar-refractivity contribution is 7.99. The number of carbonyl (C=O) groups excluding carboxylic acids is 1. The summed E-state index contributed by atoms with van der Waals surface area (Å²) >= 11 is 1.86. The third-order valence-corrected chi connectivity index (χ3v) is 4.45. The standard InChI is InChI=1S/C13H16N2O3S/c16-9-6-15(7-9)13(17)11-2-1-4-14-12(11)18-10-3-5-19-8-10/h1-2,4,9-10,16H,3,5-8H2/t10-/m0/s1. The molecule has 2 aliphatic rings. The molecule has 2 saturated heterocycles. The first-order valence-corrected chi connectivity index (χ1v) is 7.56.